The fourth-order valence-electron chi connectivity index (χ4n) is 2.76. The molecule has 1 aliphatic rings. The first-order valence-corrected chi connectivity index (χ1v) is 6.59. The number of thiophene rings is 1. The molecule has 2 aromatic rings. The van der Waals surface area contributed by atoms with Crippen LogP contribution < -0.4 is 0 Å². The first-order chi connectivity index (χ1) is 7.68. The molecule has 3 heteroatoms. The fourth-order valence-corrected chi connectivity index (χ4v) is 3.86. The fraction of sp³-hybridized carbons (Fsp3) is 0.462. The minimum atomic E-state index is 1.12. The van der Waals surface area contributed by atoms with Crippen LogP contribution in [0.4, 0.5) is 0 Å². The summed E-state index contributed by atoms with van der Waals surface area (Å²) >= 11 is 1.93. The van der Waals surface area contributed by atoms with Crippen molar-refractivity contribution in [1.82, 2.24) is 9.55 Å². The predicted molar refractivity (Wildman–Crippen MR) is 68.0 cm³/mol. The van der Waals surface area contributed by atoms with E-state index in [9.17, 15) is 0 Å². The van der Waals surface area contributed by atoms with Crippen LogP contribution in [0.5, 0.6) is 0 Å². The molecule has 84 valence electrons. The highest BCUT2D eigenvalue weighted by Crippen LogP contribution is 2.40. The van der Waals surface area contributed by atoms with E-state index in [1.54, 1.807) is 5.56 Å². The summed E-state index contributed by atoms with van der Waals surface area (Å²) in [6.45, 7) is 4.48. The smallest absolute Gasteiger partial charge is 0.0951 e. The van der Waals surface area contributed by atoms with Crippen molar-refractivity contribution >= 4 is 11.3 Å². The standard InChI is InChI=1S/C13H16N2S/c1-8-10-5-4-6-11-13(15(3)7-14-11)12(10)9(2)16-8/h7H,4-6H2,1-3H3. The van der Waals surface area contributed by atoms with Gasteiger partial charge in [-0.2, -0.15) is 0 Å². The molecule has 3 rings (SSSR count). The number of nitrogens with zero attached hydrogens (tertiary/aromatic N) is 2. The van der Waals surface area contributed by atoms with Gasteiger partial charge in [-0.05, 0) is 38.7 Å². The molecule has 0 saturated heterocycles. The van der Waals surface area contributed by atoms with Crippen molar-refractivity contribution in [2.75, 3.05) is 0 Å². The Morgan fingerprint density at radius 2 is 2.06 bits per heavy atom. The normalized spacial score (nSPS) is 14.4. The number of fused-ring (bicyclic) bond motifs is 3. The zero-order chi connectivity index (χ0) is 11.3. The molecule has 0 atom stereocenters. The number of rotatable bonds is 0. The summed E-state index contributed by atoms with van der Waals surface area (Å²) in [7, 11) is 2.10. The molecule has 0 N–H and O–H groups in total. The Labute approximate surface area is 100.0 Å². The third-order valence-electron chi connectivity index (χ3n) is 3.47. The lowest BCUT2D eigenvalue weighted by Crippen LogP contribution is -1.93. The van der Waals surface area contributed by atoms with Crippen LogP contribution in [0.3, 0.4) is 0 Å². The average molecular weight is 232 g/mol. The Hall–Kier alpha value is -1.09. The molecule has 0 spiro atoms. The molecule has 1 aliphatic carbocycles. The third kappa shape index (κ3) is 1.27. The van der Waals surface area contributed by atoms with Crippen molar-refractivity contribution in [3.05, 3.63) is 27.3 Å². The molecule has 0 unspecified atom stereocenters. The van der Waals surface area contributed by atoms with E-state index in [0.29, 0.717) is 0 Å². The highest BCUT2D eigenvalue weighted by molar-refractivity contribution is 7.12. The molecular formula is C13H16N2S. The molecule has 0 radical (unpaired) electrons. The second-order valence-electron chi connectivity index (χ2n) is 4.57. The van der Waals surface area contributed by atoms with Crippen LogP contribution in [0.25, 0.3) is 11.3 Å². The molecule has 0 amide bonds. The summed E-state index contributed by atoms with van der Waals surface area (Å²) in [4.78, 5) is 7.46. The lowest BCUT2D eigenvalue weighted by molar-refractivity contribution is 0.816. The van der Waals surface area contributed by atoms with Gasteiger partial charge >= 0.3 is 0 Å². The first-order valence-electron chi connectivity index (χ1n) is 5.78. The van der Waals surface area contributed by atoms with Crippen LogP contribution in [-0.2, 0) is 19.9 Å². The second-order valence-corrected chi connectivity index (χ2v) is 6.00. The molecule has 0 aliphatic heterocycles. The number of aryl methyl sites for hydroxylation is 4. The third-order valence-corrected chi connectivity index (χ3v) is 4.54. The minimum absolute atomic E-state index is 1.12. The maximum absolute atomic E-state index is 4.53. The van der Waals surface area contributed by atoms with E-state index < -0.39 is 0 Å². The Morgan fingerprint density at radius 1 is 1.25 bits per heavy atom. The predicted octanol–water partition coefficient (Wildman–Crippen LogP) is 3.25. The Bertz CT molecular complexity index is 549. The zero-order valence-electron chi connectivity index (χ0n) is 10.0. The van der Waals surface area contributed by atoms with E-state index in [2.05, 4.69) is 30.4 Å². The van der Waals surface area contributed by atoms with Gasteiger partial charge in [0.05, 0.1) is 17.7 Å². The minimum Gasteiger partial charge on any atom is -0.333 e. The summed E-state index contributed by atoms with van der Waals surface area (Å²) in [5.74, 6) is 0. The molecular weight excluding hydrogens is 216 g/mol. The van der Waals surface area contributed by atoms with Crippen molar-refractivity contribution in [2.45, 2.75) is 33.1 Å². The van der Waals surface area contributed by atoms with Gasteiger partial charge in [-0.15, -0.1) is 11.3 Å². The van der Waals surface area contributed by atoms with Gasteiger partial charge in [-0.3, -0.25) is 0 Å². The van der Waals surface area contributed by atoms with Gasteiger partial charge in [0.25, 0.3) is 0 Å². The van der Waals surface area contributed by atoms with Crippen LogP contribution in [-0.4, -0.2) is 9.55 Å². The van der Waals surface area contributed by atoms with Gasteiger partial charge < -0.3 is 4.57 Å². The summed E-state index contributed by atoms with van der Waals surface area (Å²) in [6.07, 6.45) is 5.51. The first kappa shape index (κ1) is 10.1. The molecule has 2 nitrogen and oxygen atoms in total. The lowest BCUT2D eigenvalue weighted by Gasteiger charge is -2.05. The monoisotopic (exact) mass is 232 g/mol. The summed E-state index contributed by atoms with van der Waals surface area (Å²) in [6, 6.07) is 0. The van der Waals surface area contributed by atoms with E-state index >= 15 is 0 Å². The van der Waals surface area contributed by atoms with Gasteiger partial charge in [0.1, 0.15) is 0 Å². The maximum atomic E-state index is 4.53. The quantitative estimate of drug-likeness (QED) is 0.681. The van der Waals surface area contributed by atoms with Crippen molar-refractivity contribution in [3.8, 4) is 11.3 Å². The topological polar surface area (TPSA) is 17.8 Å². The summed E-state index contributed by atoms with van der Waals surface area (Å²) in [5.41, 5.74) is 5.66. The highest BCUT2D eigenvalue weighted by Gasteiger charge is 2.23. The average Bonchev–Trinajstić information content (AvgIpc) is 2.64. The van der Waals surface area contributed by atoms with Crippen LogP contribution in [0.2, 0.25) is 0 Å². The Morgan fingerprint density at radius 3 is 2.88 bits per heavy atom. The lowest BCUT2D eigenvalue weighted by atomic mass is 10.0. The largest absolute Gasteiger partial charge is 0.333 e. The number of hydrogen-bond acceptors (Lipinski definition) is 2. The van der Waals surface area contributed by atoms with Gasteiger partial charge in [0.2, 0.25) is 0 Å². The van der Waals surface area contributed by atoms with Crippen molar-refractivity contribution in [3.63, 3.8) is 0 Å². The molecule has 0 bridgehead atoms. The molecule has 0 aromatic carbocycles. The molecule has 0 fully saturated rings. The number of hydrogen-bond donors (Lipinski definition) is 0. The highest BCUT2D eigenvalue weighted by atomic mass is 32.1. The van der Waals surface area contributed by atoms with Gasteiger partial charge in [0, 0.05) is 22.4 Å². The Kier molecular flexibility index (Phi) is 2.18. The molecule has 2 aromatic heterocycles. The summed E-state index contributed by atoms with van der Waals surface area (Å²) in [5, 5.41) is 0. The number of aromatic nitrogens is 2. The van der Waals surface area contributed by atoms with Crippen LogP contribution in [0, 0.1) is 13.8 Å². The van der Waals surface area contributed by atoms with E-state index in [4.69, 9.17) is 0 Å². The van der Waals surface area contributed by atoms with E-state index in [1.165, 1.54) is 39.5 Å². The Balaban J connectivity index is 2.35. The van der Waals surface area contributed by atoms with Crippen molar-refractivity contribution in [1.29, 1.82) is 0 Å². The SMILES string of the molecule is Cc1sc(C)c2c1CCCc1ncn(C)c1-2. The van der Waals surface area contributed by atoms with Crippen molar-refractivity contribution < 1.29 is 0 Å². The van der Waals surface area contributed by atoms with Crippen LogP contribution >= 0.6 is 11.3 Å². The van der Waals surface area contributed by atoms with Gasteiger partial charge in [0.15, 0.2) is 0 Å². The van der Waals surface area contributed by atoms with Gasteiger partial charge in [-0.25, -0.2) is 4.98 Å². The van der Waals surface area contributed by atoms with E-state index in [0.717, 1.165) is 6.42 Å². The molecule has 2 heterocycles. The van der Waals surface area contributed by atoms with Crippen molar-refractivity contribution in [2.24, 2.45) is 7.05 Å². The molecule has 0 saturated carbocycles. The maximum Gasteiger partial charge on any atom is 0.0951 e. The van der Waals surface area contributed by atoms with E-state index in [-0.39, 0.29) is 0 Å². The molecule has 16 heavy (non-hydrogen) atoms. The van der Waals surface area contributed by atoms with E-state index in [1.807, 2.05) is 17.7 Å². The van der Waals surface area contributed by atoms with Crippen LogP contribution in [0.15, 0.2) is 6.33 Å². The second kappa shape index (κ2) is 3.45. The zero-order valence-corrected chi connectivity index (χ0v) is 10.8. The number of imidazole rings is 1. The summed E-state index contributed by atoms with van der Waals surface area (Å²) < 4.78 is 2.18. The van der Waals surface area contributed by atoms with Crippen LogP contribution in [0.1, 0.15) is 27.4 Å². The van der Waals surface area contributed by atoms with Gasteiger partial charge in [-0.1, -0.05) is 0 Å².